The van der Waals surface area contributed by atoms with Crippen molar-refractivity contribution in [3.8, 4) is 0 Å². The molecule has 0 fully saturated rings. The van der Waals surface area contributed by atoms with E-state index in [9.17, 15) is 0 Å². The van der Waals surface area contributed by atoms with Crippen LogP contribution in [0.4, 0.5) is 0 Å². The van der Waals surface area contributed by atoms with Gasteiger partial charge in [0.1, 0.15) is 0 Å². The van der Waals surface area contributed by atoms with E-state index in [-0.39, 0.29) is 0 Å². The van der Waals surface area contributed by atoms with Crippen LogP contribution in [0.15, 0.2) is 133 Å². The molecule has 0 amide bonds. The van der Waals surface area contributed by atoms with E-state index in [1.54, 1.807) is 0 Å². The smallest absolute Gasteiger partial charge is 0.0771 e. The van der Waals surface area contributed by atoms with Crippen molar-refractivity contribution >= 4 is 25.7 Å². The zero-order chi connectivity index (χ0) is 22.9. The summed E-state index contributed by atoms with van der Waals surface area (Å²) in [5.74, 6) is 0. The van der Waals surface area contributed by atoms with Crippen molar-refractivity contribution in [2.45, 2.75) is 13.3 Å². The molecule has 0 nitrogen and oxygen atoms in total. The molecule has 1 aliphatic carbocycles. The van der Waals surface area contributed by atoms with Gasteiger partial charge in [0, 0.05) is 0 Å². The van der Waals surface area contributed by atoms with Gasteiger partial charge in [0.15, 0.2) is 0 Å². The molecule has 0 atom stereocenters. The van der Waals surface area contributed by atoms with E-state index in [0.29, 0.717) is 0 Å². The molecule has 5 aromatic rings. The van der Waals surface area contributed by atoms with Crippen molar-refractivity contribution in [3.63, 3.8) is 0 Å². The quantitative estimate of drug-likeness (QED) is 0.178. The van der Waals surface area contributed by atoms with Crippen molar-refractivity contribution in [1.82, 2.24) is 0 Å². The summed E-state index contributed by atoms with van der Waals surface area (Å²) in [6, 6.07) is 40.4. The van der Waals surface area contributed by atoms with Crippen LogP contribution >= 0.6 is 0 Å². The van der Waals surface area contributed by atoms with Crippen LogP contribution in [0.3, 0.4) is 0 Å². The Bertz CT molecular complexity index is 1290. The van der Waals surface area contributed by atoms with Crippen molar-refractivity contribution in [2.24, 2.45) is 0 Å². The Kier molecular flexibility index (Phi) is 8.01. The van der Waals surface area contributed by atoms with Crippen molar-refractivity contribution in [1.29, 1.82) is 0 Å². The summed E-state index contributed by atoms with van der Waals surface area (Å²) in [5, 5.41) is 5.39. The Morgan fingerprint density at radius 3 is 1.52 bits per heavy atom. The maximum atomic E-state index is 3.05. The van der Waals surface area contributed by atoms with Crippen LogP contribution in [0, 0.1) is 6.08 Å². The Hall–Kier alpha value is -3.28. The Labute approximate surface area is 206 Å². The first kappa shape index (κ1) is 22.9. The fourth-order valence-electron chi connectivity index (χ4n) is 3.85. The minimum atomic E-state index is 1.02. The molecule has 0 radical (unpaired) electrons. The Morgan fingerprint density at radius 1 is 0.667 bits per heavy atom. The second-order valence-electron chi connectivity index (χ2n) is 8.03. The molecule has 0 aromatic heterocycles. The van der Waals surface area contributed by atoms with Crippen molar-refractivity contribution < 1.29 is 17.9 Å². The zero-order valence-corrected chi connectivity index (χ0v) is 22.0. The van der Waals surface area contributed by atoms with Crippen LogP contribution in [0.2, 0.25) is 0 Å². The van der Waals surface area contributed by atoms with Crippen LogP contribution in [0.1, 0.15) is 24.5 Å². The molecular formula is C32H26Zn-2. The number of hydrogen-bond donors (Lipinski definition) is 0. The second kappa shape index (κ2) is 11.5. The number of allylic oxidation sites excluding steroid dienone is 4. The minimum absolute atomic E-state index is 1.02. The molecule has 0 bridgehead atoms. The molecule has 0 aliphatic heterocycles. The average molecular weight is 476 g/mol. The molecule has 0 heterocycles. The molecule has 0 saturated heterocycles. The van der Waals surface area contributed by atoms with Gasteiger partial charge in [-0.05, 0) is 0 Å². The van der Waals surface area contributed by atoms with Gasteiger partial charge < -0.3 is 0 Å². The molecule has 5 aromatic carbocycles. The molecule has 33 heavy (non-hydrogen) atoms. The summed E-state index contributed by atoms with van der Waals surface area (Å²) in [4.78, 5) is 0. The first-order valence-corrected chi connectivity index (χ1v) is 12.8. The monoisotopic (exact) mass is 474 g/mol. The summed E-state index contributed by atoms with van der Waals surface area (Å²) in [6.07, 6.45) is 8.24. The molecule has 158 valence electrons. The van der Waals surface area contributed by atoms with E-state index in [4.69, 9.17) is 0 Å². The number of rotatable bonds is 2. The van der Waals surface area contributed by atoms with E-state index in [2.05, 4.69) is 134 Å². The van der Waals surface area contributed by atoms with Crippen molar-refractivity contribution in [2.75, 3.05) is 0 Å². The minimum Gasteiger partial charge on any atom is -0.126 e. The first-order chi connectivity index (χ1) is 16.2. The van der Waals surface area contributed by atoms with Gasteiger partial charge in [-0.25, -0.2) is 11.6 Å². The van der Waals surface area contributed by atoms with Crippen LogP contribution in [-0.4, -0.2) is 4.11 Å². The van der Waals surface area contributed by atoms with Crippen molar-refractivity contribution in [3.05, 3.63) is 150 Å². The average Bonchev–Trinajstić information content (AvgIpc) is 3.52. The number of fused-ring (bicyclic) bond motifs is 3. The van der Waals surface area contributed by atoms with E-state index in [1.807, 2.05) is 6.08 Å². The van der Waals surface area contributed by atoms with E-state index < -0.39 is 0 Å². The topological polar surface area (TPSA) is 0 Å². The molecule has 6 rings (SSSR count). The third-order valence-electron chi connectivity index (χ3n) is 5.64. The van der Waals surface area contributed by atoms with E-state index in [0.717, 1.165) is 6.42 Å². The standard InChI is InChI=1S/C13H9.C13H10.C6H7.Zn/c1-3-7-12-10(5-1)9-11-6-2-4-8-13(11)12;1-3-7-12(8-4-1)11-13-9-5-2-6-10-13;1-6-4-2-3-5-6;/h1-9H;1-10H;4-5H,2H2,1H3;/q-1;;-1;. The molecule has 0 unspecified atom stereocenters. The molecule has 1 aliphatic rings. The number of benzene rings is 4. The molecule has 1 heteroatoms. The summed E-state index contributed by atoms with van der Waals surface area (Å²) in [6.45, 7) is 2.08. The normalized spacial score (nSPS) is 11.9. The SMILES string of the molecule is CC1=CC[C-]=C1.[Zn]=[C](c1ccccc1)c1ccccc1.c1ccc2c(c1)[cH-]c1ccccc12. The van der Waals surface area contributed by atoms with Gasteiger partial charge in [-0.15, -0.1) is 53.1 Å². The molecule has 0 N–H and O–H groups in total. The fourth-order valence-corrected chi connectivity index (χ4v) is 4.84. The van der Waals surface area contributed by atoms with Gasteiger partial charge in [-0.2, -0.15) is 6.08 Å². The van der Waals surface area contributed by atoms with Crippen LogP contribution in [0.25, 0.3) is 21.5 Å². The van der Waals surface area contributed by atoms with Gasteiger partial charge in [0.05, 0.1) is 0 Å². The van der Waals surface area contributed by atoms with Gasteiger partial charge in [-0.1, -0.05) is 36.4 Å². The fraction of sp³-hybridized carbons (Fsp3) is 0.0625. The van der Waals surface area contributed by atoms with E-state index >= 15 is 0 Å². The Balaban J connectivity index is 0.000000127. The van der Waals surface area contributed by atoms with E-state index in [1.165, 1.54) is 60.2 Å². The predicted octanol–water partition coefficient (Wildman–Crippen LogP) is 8.21. The van der Waals surface area contributed by atoms with Gasteiger partial charge in [-0.3, -0.25) is 6.08 Å². The Morgan fingerprint density at radius 2 is 1.12 bits per heavy atom. The number of hydrogen-bond acceptors (Lipinski definition) is 0. The van der Waals surface area contributed by atoms with Crippen LogP contribution < -0.4 is 0 Å². The third kappa shape index (κ3) is 6.16. The summed E-state index contributed by atoms with van der Waals surface area (Å²) >= 11 is 1.19. The predicted molar refractivity (Wildman–Crippen MR) is 139 cm³/mol. The van der Waals surface area contributed by atoms with Gasteiger partial charge in [0.2, 0.25) is 0 Å². The van der Waals surface area contributed by atoms with Crippen LogP contribution in [0.5, 0.6) is 0 Å². The largest absolute Gasteiger partial charge is 0.126 e. The summed E-state index contributed by atoms with van der Waals surface area (Å²) in [5.41, 5.74) is 4.03. The first-order valence-electron chi connectivity index (χ1n) is 11.3. The maximum Gasteiger partial charge on any atom is -0.0771 e. The van der Waals surface area contributed by atoms with Gasteiger partial charge in [0.25, 0.3) is 0 Å². The third-order valence-corrected chi connectivity index (χ3v) is 7.35. The maximum absolute atomic E-state index is 3.05. The summed E-state index contributed by atoms with van der Waals surface area (Å²) in [7, 11) is 0. The summed E-state index contributed by atoms with van der Waals surface area (Å²) < 4.78 is 1.45. The molecular weight excluding hydrogens is 450 g/mol. The molecule has 0 spiro atoms. The zero-order valence-electron chi connectivity index (χ0n) is 19.0. The van der Waals surface area contributed by atoms with Crippen LogP contribution in [-0.2, 0) is 17.9 Å². The second-order valence-corrected chi connectivity index (χ2v) is 9.51. The molecule has 0 saturated carbocycles. The van der Waals surface area contributed by atoms with Gasteiger partial charge >= 0.3 is 93.7 Å².